The topological polar surface area (TPSA) is 140 Å². The van der Waals surface area contributed by atoms with Crippen LogP contribution in [0.5, 0.6) is 11.5 Å². The molecule has 1 amide bonds. The lowest BCUT2D eigenvalue weighted by Crippen LogP contribution is -2.56. The van der Waals surface area contributed by atoms with E-state index in [2.05, 4.69) is 36.9 Å². The molecule has 0 bridgehead atoms. The number of aliphatic hydroxyl groups is 1. The first-order chi connectivity index (χ1) is 23.3. The summed E-state index contributed by atoms with van der Waals surface area (Å²) < 4.78 is 46.6. The highest BCUT2D eigenvalue weighted by molar-refractivity contribution is 5.94. The molecule has 4 aromatic rings. The lowest BCUT2D eigenvalue weighted by molar-refractivity contribution is -0.161. The molecule has 2 N–H and O–H groups in total. The van der Waals surface area contributed by atoms with Crippen molar-refractivity contribution in [1.82, 2.24) is 24.8 Å². The average Bonchev–Trinajstić information content (AvgIpc) is 3.53. The van der Waals surface area contributed by atoms with Crippen molar-refractivity contribution >= 4 is 22.6 Å². The van der Waals surface area contributed by atoms with E-state index in [1.54, 1.807) is 19.2 Å². The fourth-order valence-corrected chi connectivity index (χ4v) is 6.59. The fourth-order valence-electron chi connectivity index (χ4n) is 6.59. The standard InChI is InChI=1S/C34H35F2N7O5/c1-46-29-13-21(2-4-27(29)42-10-8-41(9-11-42)24-17-47-18-24)26-14-25-32(38-20-39-33(25)40-26)22-3-5-28(23(12-22)15-37)48-30-6-7-43(31(45)16-44)19-34(30,35)36/h2-5,12-14,20,24,30,44H,6-11,16-19H2,1H3,(H,38,39,40)/t30-/m0/s1. The molecule has 2 aromatic heterocycles. The molecule has 0 unspecified atom stereocenters. The van der Waals surface area contributed by atoms with Crippen molar-refractivity contribution in [1.29, 1.82) is 5.26 Å². The zero-order chi connectivity index (χ0) is 33.4. The van der Waals surface area contributed by atoms with E-state index in [0.29, 0.717) is 22.9 Å². The quantitative estimate of drug-likeness (QED) is 0.290. The molecular formula is C34H35F2N7O5. The Hall–Kier alpha value is -4.84. The molecule has 12 nitrogen and oxygen atoms in total. The number of H-pyrrole nitrogens is 1. The number of carbonyl (C=O) groups is 1. The number of piperazine rings is 1. The minimum absolute atomic E-state index is 0.0104. The Labute approximate surface area is 275 Å². The van der Waals surface area contributed by atoms with Crippen molar-refractivity contribution in [2.45, 2.75) is 24.5 Å². The SMILES string of the molecule is COc1cc(-c2cc3c(-c4ccc(O[C@H]5CCN(C(=O)CO)CC5(F)F)c(C#N)c4)ncnc3[nH]2)ccc1N1CCN(C2COC2)CC1. The molecule has 3 fully saturated rings. The Bertz CT molecular complexity index is 1870. The number of aliphatic hydroxyl groups excluding tert-OH is 1. The minimum Gasteiger partial charge on any atom is -0.495 e. The van der Waals surface area contributed by atoms with Crippen molar-refractivity contribution in [3.63, 3.8) is 0 Å². The maximum absolute atomic E-state index is 14.9. The first-order valence-electron chi connectivity index (χ1n) is 15.8. The van der Waals surface area contributed by atoms with Gasteiger partial charge in [-0.1, -0.05) is 6.07 Å². The molecule has 2 aromatic carbocycles. The number of benzene rings is 2. The number of carbonyl (C=O) groups excluding carboxylic acids is 1. The number of likely N-dealkylation sites (tertiary alicyclic amines) is 1. The van der Waals surface area contributed by atoms with E-state index in [-0.39, 0.29) is 24.3 Å². The zero-order valence-electron chi connectivity index (χ0n) is 26.4. The minimum atomic E-state index is -3.37. The number of hydrogen-bond donors (Lipinski definition) is 2. The fraction of sp³-hybridized carbons (Fsp3) is 0.412. The number of nitriles is 1. The van der Waals surface area contributed by atoms with Crippen LogP contribution in [0.25, 0.3) is 33.5 Å². The van der Waals surface area contributed by atoms with Gasteiger partial charge >= 0.3 is 5.92 Å². The van der Waals surface area contributed by atoms with Gasteiger partial charge in [0.15, 0.2) is 6.10 Å². The Morgan fingerprint density at radius 2 is 1.88 bits per heavy atom. The monoisotopic (exact) mass is 659 g/mol. The number of alkyl halides is 2. The number of piperidine rings is 1. The van der Waals surface area contributed by atoms with Crippen molar-refractivity contribution in [2.24, 2.45) is 0 Å². The summed E-state index contributed by atoms with van der Waals surface area (Å²) in [5.74, 6) is -3.35. The number of fused-ring (bicyclic) bond motifs is 1. The van der Waals surface area contributed by atoms with Crippen LogP contribution in [0, 0.1) is 11.3 Å². The number of nitrogens with zero attached hydrogens (tertiary/aromatic N) is 6. The number of rotatable bonds is 8. The number of anilines is 1. The Morgan fingerprint density at radius 1 is 1.08 bits per heavy atom. The molecule has 7 rings (SSSR count). The van der Waals surface area contributed by atoms with Gasteiger partial charge in [-0.25, -0.2) is 18.7 Å². The van der Waals surface area contributed by atoms with E-state index < -0.39 is 31.1 Å². The number of amides is 1. The molecule has 3 aliphatic rings. The smallest absolute Gasteiger partial charge is 0.301 e. The summed E-state index contributed by atoms with van der Waals surface area (Å²) in [5, 5.41) is 19.7. The van der Waals surface area contributed by atoms with Crippen LogP contribution in [-0.4, -0.2) is 120 Å². The molecule has 5 heterocycles. The number of nitrogens with one attached hydrogen (secondary N) is 1. The van der Waals surface area contributed by atoms with Crippen LogP contribution in [-0.2, 0) is 9.53 Å². The van der Waals surface area contributed by atoms with Crippen molar-refractivity contribution < 1.29 is 32.9 Å². The number of halogens is 2. The van der Waals surface area contributed by atoms with Gasteiger partial charge in [-0.15, -0.1) is 0 Å². The predicted octanol–water partition coefficient (Wildman–Crippen LogP) is 3.30. The molecule has 0 aliphatic carbocycles. The summed E-state index contributed by atoms with van der Waals surface area (Å²) in [7, 11) is 1.67. The second-order valence-corrected chi connectivity index (χ2v) is 12.2. The molecule has 14 heteroatoms. The summed E-state index contributed by atoms with van der Waals surface area (Å²) in [6, 6.07) is 15.3. The van der Waals surface area contributed by atoms with E-state index in [1.807, 2.05) is 18.2 Å². The molecule has 48 heavy (non-hydrogen) atoms. The first kappa shape index (κ1) is 31.7. The Kier molecular flexibility index (Phi) is 8.59. The molecular weight excluding hydrogens is 624 g/mol. The van der Waals surface area contributed by atoms with Crippen LogP contribution in [0.15, 0.2) is 48.8 Å². The molecule has 1 atom stereocenters. The number of methoxy groups -OCH3 is 1. The number of aromatic amines is 1. The second-order valence-electron chi connectivity index (χ2n) is 12.2. The average molecular weight is 660 g/mol. The normalized spacial score (nSPS) is 19.9. The molecule has 0 radical (unpaired) electrons. The lowest BCUT2D eigenvalue weighted by atomic mass is 10.0. The van der Waals surface area contributed by atoms with Gasteiger partial charge in [0.25, 0.3) is 0 Å². The summed E-state index contributed by atoms with van der Waals surface area (Å²) in [5.41, 5.74) is 4.56. The van der Waals surface area contributed by atoms with Gasteiger partial charge in [0.1, 0.15) is 36.1 Å². The Morgan fingerprint density at radius 3 is 2.56 bits per heavy atom. The van der Waals surface area contributed by atoms with Crippen molar-refractivity contribution in [3.8, 4) is 40.1 Å². The van der Waals surface area contributed by atoms with Crippen LogP contribution in [0.1, 0.15) is 12.0 Å². The molecule has 0 saturated carbocycles. The third-order valence-corrected chi connectivity index (χ3v) is 9.37. The van der Waals surface area contributed by atoms with E-state index in [4.69, 9.17) is 19.3 Å². The lowest BCUT2D eigenvalue weighted by Gasteiger charge is -2.43. The van der Waals surface area contributed by atoms with Crippen LogP contribution in [0.4, 0.5) is 14.5 Å². The summed E-state index contributed by atoms with van der Waals surface area (Å²) >= 11 is 0. The predicted molar refractivity (Wildman–Crippen MR) is 172 cm³/mol. The highest BCUT2D eigenvalue weighted by Gasteiger charge is 2.47. The highest BCUT2D eigenvalue weighted by atomic mass is 19.3. The van der Waals surface area contributed by atoms with Gasteiger partial charge in [-0.3, -0.25) is 9.69 Å². The van der Waals surface area contributed by atoms with E-state index in [0.717, 1.165) is 72.4 Å². The summed E-state index contributed by atoms with van der Waals surface area (Å²) in [6.45, 7) is 3.68. The van der Waals surface area contributed by atoms with Crippen molar-refractivity contribution in [2.75, 3.05) is 71.1 Å². The molecule has 0 spiro atoms. The molecule has 3 saturated heterocycles. The van der Waals surface area contributed by atoms with Crippen LogP contribution < -0.4 is 14.4 Å². The Balaban J connectivity index is 1.11. The number of hydrogen-bond acceptors (Lipinski definition) is 10. The third-order valence-electron chi connectivity index (χ3n) is 9.37. The third kappa shape index (κ3) is 6.00. The van der Waals surface area contributed by atoms with Gasteiger partial charge < -0.3 is 34.1 Å². The summed E-state index contributed by atoms with van der Waals surface area (Å²) in [6.07, 6.45) is -0.260. The van der Waals surface area contributed by atoms with E-state index >= 15 is 0 Å². The number of aromatic nitrogens is 3. The van der Waals surface area contributed by atoms with Gasteiger partial charge in [-0.05, 0) is 36.4 Å². The zero-order valence-corrected chi connectivity index (χ0v) is 26.4. The van der Waals surface area contributed by atoms with Crippen LogP contribution in [0.3, 0.4) is 0 Å². The molecule has 250 valence electrons. The second kappa shape index (κ2) is 13.0. The van der Waals surface area contributed by atoms with Gasteiger partial charge in [0.2, 0.25) is 5.91 Å². The van der Waals surface area contributed by atoms with Gasteiger partial charge in [0.05, 0.1) is 49.9 Å². The van der Waals surface area contributed by atoms with Gasteiger partial charge in [0, 0.05) is 61.4 Å². The van der Waals surface area contributed by atoms with Crippen LogP contribution >= 0.6 is 0 Å². The molecule has 3 aliphatic heterocycles. The van der Waals surface area contributed by atoms with Crippen LogP contribution in [0.2, 0.25) is 0 Å². The van der Waals surface area contributed by atoms with E-state index in [9.17, 15) is 18.8 Å². The summed E-state index contributed by atoms with van der Waals surface area (Å²) in [4.78, 5) is 29.8. The number of ether oxygens (including phenoxy) is 3. The first-order valence-corrected chi connectivity index (χ1v) is 15.8. The van der Waals surface area contributed by atoms with E-state index in [1.165, 1.54) is 12.4 Å². The highest BCUT2D eigenvalue weighted by Crippen LogP contribution is 2.38. The largest absolute Gasteiger partial charge is 0.495 e. The van der Waals surface area contributed by atoms with Crippen molar-refractivity contribution in [3.05, 3.63) is 54.4 Å². The van der Waals surface area contributed by atoms with Gasteiger partial charge in [-0.2, -0.15) is 5.26 Å². The maximum Gasteiger partial charge on any atom is 0.301 e. The maximum atomic E-state index is 14.9.